The molecule has 1 heterocycles. The Morgan fingerprint density at radius 3 is 2.66 bits per heavy atom. The number of hydrazone groups is 1. The maximum Gasteiger partial charge on any atom is 0.350 e. The summed E-state index contributed by atoms with van der Waals surface area (Å²) < 4.78 is 9.81. The summed E-state index contributed by atoms with van der Waals surface area (Å²) in [5.41, 5.74) is 4.34. The summed E-state index contributed by atoms with van der Waals surface area (Å²) in [4.78, 5) is 27.4. The van der Waals surface area contributed by atoms with Crippen LogP contribution in [0, 0.1) is 10.1 Å². The van der Waals surface area contributed by atoms with Crippen molar-refractivity contribution in [2.45, 2.75) is 0 Å². The van der Waals surface area contributed by atoms with Crippen LogP contribution in [0.5, 0.6) is 5.75 Å². The van der Waals surface area contributed by atoms with Gasteiger partial charge in [0.15, 0.2) is 5.75 Å². The molecule has 1 N–H and O–H groups in total. The third kappa shape index (κ3) is 4.55. The van der Waals surface area contributed by atoms with E-state index in [1.54, 1.807) is 6.07 Å². The van der Waals surface area contributed by atoms with Crippen LogP contribution in [0.2, 0.25) is 0 Å². The molecular formula is C19H16N4O5S. The molecule has 29 heavy (non-hydrogen) atoms. The van der Waals surface area contributed by atoms with E-state index in [0.29, 0.717) is 21.3 Å². The molecule has 0 amide bonds. The third-order valence-electron chi connectivity index (χ3n) is 3.82. The number of hydrogen-bond acceptors (Lipinski definition) is 9. The van der Waals surface area contributed by atoms with Gasteiger partial charge in [0.1, 0.15) is 4.88 Å². The minimum atomic E-state index is -0.529. The summed E-state index contributed by atoms with van der Waals surface area (Å²) in [6.07, 6.45) is 1.41. The molecule has 10 heteroatoms. The van der Waals surface area contributed by atoms with Crippen molar-refractivity contribution < 1.29 is 19.2 Å². The number of benzene rings is 2. The van der Waals surface area contributed by atoms with Crippen LogP contribution in [0.25, 0.3) is 11.3 Å². The minimum Gasteiger partial charge on any atom is -0.490 e. The highest BCUT2D eigenvalue weighted by Crippen LogP contribution is 2.32. The first-order chi connectivity index (χ1) is 14.0. The molecule has 0 fully saturated rings. The van der Waals surface area contributed by atoms with Gasteiger partial charge in [0.25, 0.3) is 0 Å². The summed E-state index contributed by atoms with van der Waals surface area (Å²) in [5, 5.41) is 15.5. The number of nitrogens with zero attached hydrogens (tertiary/aromatic N) is 3. The molecule has 9 nitrogen and oxygen atoms in total. The van der Waals surface area contributed by atoms with Gasteiger partial charge in [-0.25, -0.2) is 9.78 Å². The van der Waals surface area contributed by atoms with Crippen LogP contribution < -0.4 is 10.2 Å². The summed E-state index contributed by atoms with van der Waals surface area (Å²) in [6, 6.07) is 13.7. The molecule has 0 aliphatic heterocycles. The number of carbonyl (C=O) groups excluding carboxylic acids is 1. The first-order valence-corrected chi connectivity index (χ1v) is 9.11. The SMILES string of the molecule is COC(=O)c1sc(N/N=C\c2ccc(OC)c([N+](=O)[O-])c2)nc1-c1ccccc1. The summed E-state index contributed by atoms with van der Waals surface area (Å²) in [6.45, 7) is 0. The van der Waals surface area contributed by atoms with Crippen LogP contribution in [-0.4, -0.2) is 36.3 Å². The van der Waals surface area contributed by atoms with Crippen LogP contribution >= 0.6 is 11.3 Å². The van der Waals surface area contributed by atoms with Gasteiger partial charge in [-0.15, -0.1) is 0 Å². The number of methoxy groups -OCH3 is 2. The Bertz CT molecular complexity index is 1070. The van der Waals surface area contributed by atoms with Crippen LogP contribution in [0.15, 0.2) is 53.6 Å². The average Bonchev–Trinajstić information content (AvgIpc) is 3.18. The molecule has 0 spiro atoms. The number of esters is 1. The number of hydrogen-bond donors (Lipinski definition) is 1. The van der Waals surface area contributed by atoms with Gasteiger partial charge in [0.2, 0.25) is 5.13 Å². The van der Waals surface area contributed by atoms with Gasteiger partial charge in [-0.3, -0.25) is 15.5 Å². The number of rotatable bonds is 7. The second-order valence-electron chi connectivity index (χ2n) is 5.61. The van der Waals surface area contributed by atoms with E-state index in [1.807, 2.05) is 30.3 Å². The fraction of sp³-hybridized carbons (Fsp3) is 0.105. The molecular weight excluding hydrogens is 396 g/mol. The molecule has 148 valence electrons. The van der Waals surface area contributed by atoms with Gasteiger partial charge >= 0.3 is 11.7 Å². The fourth-order valence-electron chi connectivity index (χ4n) is 2.48. The molecule has 3 rings (SSSR count). The van der Waals surface area contributed by atoms with Crippen molar-refractivity contribution in [3.63, 3.8) is 0 Å². The molecule has 0 bridgehead atoms. The predicted molar refractivity (Wildman–Crippen MR) is 110 cm³/mol. The normalized spacial score (nSPS) is 10.7. The molecule has 0 aliphatic carbocycles. The van der Waals surface area contributed by atoms with E-state index < -0.39 is 10.9 Å². The minimum absolute atomic E-state index is 0.162. The highest BCUT2D eigenvalue weighted by molar-refractivity contribution is 7.17. The van der Waals surface area contributed by atoms with E-state index in [1.165, 1.54) is 32.6 Å². The zero-order chi connectivity index (χ0) is 20.8. The lowest BCUT2D eigenvalue weighted by Crippen LogP contribution is -2.00. The average molecular weight is 412 g/mol. The molecule has 0 atom stereocenters. The highest BCUT2D eigenvalue weighted by Gasteiger charge is 2.20. The number of nitrogens with one attached hydrogen (secondary N) is 1. The van der Waals surface area contributed by atoms with Crippen molar-refractivity contribution >= 4 is 34.3 Å². The number of anilines is 1. The van der Waals surface area contributed by atoms with Crippen LogP contribution in [-0.2, 0) is 4.74 Å². The monoisotopic (exact) mass is 412 g/mol. The molecule has 3 aromatic rings. The van der Waals surface area contributed by atoms with Gasteiger partial charge in [-0.2, -0.15) is 5.10 Å². The van der Waals surface area contributed by atoms with Crippen molar-refractivity contribution in [3.05, 3.63) is 69.1 Å². The quantitative estimate of drug-likeness (QED) is 0.270. The summed E-state index contributed by atoms with van der Waals surface area (Å²) in [7, 11) is 2.67. The lowest BCUT2D eigenvalue weighted by molar-refractivity contribution is -0.385. The number of nitro groups is 1. The molecule has 0 unspecified atom stereocenters. The fourth-order valence-corrected chi connectivity index (χ4v) is 3.34. The number of thiazole rings is 1. The maximum atomic E-state index is 12.1. The lowest BCUT2D eigenvalue weighted by atomic mass is 10.1. The first-order valence-electron chi connectivity index (χ1n) is 8.29. The largest absolute Gasteiger partial charge is 0.490 e. The van der Waals surface area contributed by atoms with Crippen molar-refractivity contribution in [2.75, 3.05) is 19.6 Å². The molecule has 0 saturated heterocycles. The number of aromatic nitrogens is 1. The standard InChI is InChI=1S/C19H16N4O5S/c1-27-15-9-8-12(10-14(15)23(25)26)11-20-22-19-21-16(13-6-4-3-5-7-13)17(29-19)18(24)28-2/h3-11H,1-2H3,(H,21,22)/b20-11-. The molecule has 0 aliphatic rings. The Morgan fingerprint density at radius 1 is 1.24 bits per heavy atom. The Hall–Kier alpha value is -3.79. The van der Waals surface area contributed by atoms with E-state index in [9.17, 15) is 14.9 Å². The van der Waals surface area contributed by atoms with Crippen LogP contribution in [0.1, 0.15) is 15.2 Å². The lowest BCUT2D eigenvalue weighted by Gasteiger charge is -2.01. The van der Waals surface area contributed by atoms with Crippen molar-refractivity contribution in [1.29, 1.82) is 0 Å². The molecule has 0 radical (unpaired) electrons. The molecule has 0 saturated carbocycles. The van der Waals surface area contributed by atoms with E-state index >= 15 is 0 Å². The molecule has 2 aromatic carbocycles. The Labute approximate surface area is 169 Å². The Balaban J connectivity index is 1.84. The van der Waals surface area contributed by atoms with Gasteiger partial charge in [-0.1, -0.05) is 41.7 Å². The molecule has 1 aromatic heterocycles. The van der Waals surface area contributed by atoms with Crippen LogP contribution in [0.3, 0.4) is 0 Å². The second-order valence-corrected chi connectivity index (χ2v) is 6.61. The van der Waals surface area contributed by atoms with Crippen molar-refractivity contribution in [1.82, 2.24) is 4.98 Å². The highest BCUT2D eigenvalue weighted by atomic mass is 32.1. The van der Waals surface area contributed by atoms with Crippen molar-refractivity contribution in [3.8, 4) is 17.0 Å². The van der Waals surface area contributed by atoms with E-state index in [0.717, 1.165) is 16.9 Å². The zero-order valence-electron chi connectivity index (χ0n) is 15.5. The van der Waals surface area contributed by atoms with E-state index in [-0.39, 0.29) is 11.4 Å². The Morgan fingerprint density at radius 2 is 2.00 bits per heavy atom. The zero-order valence-corrected chi connectivity index (χ0v) is 16.3. The van der Waals surface area contributed by atoms with E-state index in [2.05, 4.69) is 15.5 Å². The number of carbonyl (C=O) groups is 1. The maximum absolute atomic E-state index is 12.1. The van der Waals surface area contributed by atoms with Crippen LogP contribution in [0.4, 0.5) is 10.8 Å². The number of nitro benzene ring substituents is 1. The number of ether oxygens (including phenoxy) is 2. The first kappa shape index (κ1) is 20.0. The topological polar surface area (TPSA) is 116 Å². The summed E-state index contributed by atoms with van der Waals surface area (Å²) >= 11 is 1.10. The summed E-state index contributed by atoms with van der Waals surface area (Å²) in [5.74, 6) is -0.334. The second kappa shape index (κ2) is 8.93. The van der Waals surface area contributed by atoms with Gasteiger partial charge in [0.05, 0.1) is 31.1 Å². The van der Waals surface area contributed by atoms with Gasteiger partial charge in [-0.05, 0) is 12.1 Å². The Kier molecular flexibility index (Phi) is 6.15. The van der Waals surface area contributed by atoms with Gasteiger partial charge < -0.3 is 9.47 Å². The predicted octanol–water partition coefficient (Wildman–Crippen LogP) is 3.96. The van der Waals surface area contributed by atoms with Gasteiger partial charge in [0, 0.05) is 17.2 Å². The smallest absolute Gasteiger partial charge is 0.350 e. The van der Waals surface area contributed by atoms with Crippen molar-refractivity contribution in [2.24, 2.45) is 5.10 Å². The third-order valence-corrected chi connectivity index (χ3v) is 4.76. The van der Waals surface area contributed by atoms with E-state index in [4.69, 9.17) is 9.47 Å².